The van der Waals surface area contributed by atoms with Gasteiger partial charge in [-0.15, -0.1) is 38.0 Å². The number of rotatable bonds is 4. The lowest BCUT2D eigenvalue weighted by atomic mass is 10.1. The minimum absolute atomic E-state index is 0. The van der Waals surface area contributed by atoms with Crippen molar-refractivity contribution in [2.75, 3.05) is 32.9 Å². The molecule has 1 aliphatic heterocycles. The highest BCUT2D eigenvalue weighted by atomic mass is 35.5. The van der Waals surface area contributed by atoms with Gasteiger partial charge in [-0.1, -0.05) is 6.07 Å². The van der Waals surface area contributed by atoms with Gasteiger partial charge >= 0.3 is 6.36 Å². The maximum absolute atomic E-state index is 13.7. The van der Waals surface area contributed by atoms with Gasteiger partial charge in [0.05, 0.1) is 6.04 Å². The average molecular weight is 383 g/mol. The van der Waals surface area contributed by atoms with Crippen LogP contribution in [0.25, 0.3) is 0 Å². The van der Waals surface area contributed by atoms with Crippen LogP contribution in [-0.2, 0) is 0 Å². The van der Waals surface area contributed by atoms with E-state index in [2.05, 4.69) is 10.1 Å². The molecule has 10 heteroatoms. The second-order valence-electron chi connectivity index (χ2n) is 4.69. The summed E-state index contributed by atoms with van der Waals surface area (Å²) in [5.74, 6) is -2.07. The van der Waals surface area contributed by atoms with Crippen LogP contribution in [-0.4, -0.2) is 44.1 Å². The molecule has 0 spiro atoms. The van der Waals surface area contributed by atoms with Crippen molar-refractivity contribution >= 4 is 24.8 Å². The molecule has 2 rings (SSSR count). The Kier molecular flexibility index (Phi) is 9.12. The molecule has 1 aromatic rings. The Balaban J connectivity index is 0.00000242. The smallest absolute Gasteiger partial charge is 0.403 e. The van der Waals surface area contributed by atoms with Crippen molar-refractivity contribution in [3.8, 4) is 5.75 Å². The van der Waals surface area contributed by atoms with Crippen LogP contribution >= 0.6 is 24.8 Å². The maximum Gasteiger partial charge on any atom is 0.573 e. The van der Waals surface area contributed by atoms with E-state index in [0.717, 1.165) is 12.1 Å². The van der Waals surface area contributed by atoms with Gasteiger partial charge in [0.25, 0.3) is 0 Å². The molecule has 0 unspecified atom stereocenters. The third kappa shape index (κ3) is 6.29. The van der Waals surface area contributed by atoms with Gasteiger partial charge in [0, 0.05) is 26.2 Å². The number of benzene rings is 1. The Bertz CT molecular complexity index is 484. The minimum atomic E-state index is -4.96. The zero-order valence-electron chi connectivity index (χ0n) is 11.9. The van der Waals surface area contributed by atoms with Crippen LogP contribution in [0.15, 0.2) is 18.2 Å². The fourth-order valence-corrected chi connectivity index (χ4v) is 2.32. The molecule has 0 radical (unpaired) electrons. The fourth-order valence-electron chi connectivity index (χ4n) is 2.32. The van der Waals surface area contributed by atoms with Gasteiger partial charge in [-0.25, -0.2) is 8.78 Å². The van der Waals surface area contributed by atoms with Gasteiger partial charge in [0.2, 0.25) is 0 Å². The lowest BCUT2D eigenvalue weighted by Gasteiger charge is -2.33. The van der Waals surface area contributed by atoms with Gasteiger partial charge in [0.1, 0.15) is 6.67 Å². The first-order valence-corrected chi connectivity index (χ1v) is 6.46. The Morgan fingerprint density at radius 2 is 1.78 bits per heavy atom. The van der Waals surface area contributed by atoms with Crippen molar-refractivity contribution in [3.63, 3.8) is 0 Å². The lowest BCUT2D eigenvalue weighted by Crippen LogP contribution is -2.45. The van der Waals surface area contributed by atoms with Gasteiger partial charge in [0.15, 0.2) is 11.6 Å². The molecule has 1 N–H and O–H groups in total. The van der Waals surface area contributed by atoms with Crippen molar-refractivity contribution in [3.05, 3.63) is 29.6 Å². The summed E-state index contributed by atoms with van der Waals surface area (Å²) in [6.45, 7) is 1.83. The standard InChI is InChI=1S/C13H15F5N2O.2ClH/c14-8-11(20-5-3-19-4-6-20)9-1-2-12(10(15)7-9)21-13(16,17)18;;/h1-2,7,11,19H,3-6,8H2;2*1H/t11-;;/m1../s1. The van der Waals surface area contributed by atoms with E-state index in [9.17, 15) is 22.0 Å². The number of piperazine rings is 1. The summed E-state index contributed by atoms with van der Waals surface area (Å²) < 4.78 is 66.7. The summed E-state index contributed by atoms with van der Waals surface area (Å²) in [6, 6.07) is 2.37. The third-order valence-electron chi connectivity index (χ3n) is 3.30. The van der Waals surface area contributed by atoms with Crippen LogP contribution in [0.2, 0.25) is 0 Å². The van der Waals surface area contributed by atoms with Gasteiger partial charge < -0.3 is 10.1 Å². The van der Waals surface area contributed by atoms with E-state index in [1.807, 2.05) is 4.90 Å². The number of ether oxygens (including phenoxy) is 1. The third-order valence-corrected chi connectivity index (χ3v) is 3.30. The molecule has 3 nitrogen and oxygen atoms in total. The molecule has 1 atom stereocenters. The maximum atomic E-state index is 13.7. The average Bonchev–Trinajstić information content (AvgIpc) is 2.42. The molecule has 1 aliphatic rings. The van der Waals surface area contributed by atoms with Gasteiger partial charge in [-0.05, 0) is 17.7 Å². The quantitative estimate of drug-likeness (QED) is 0.806. The fraction of sp³-hybridized carbons (Fsp3) is 0.538. The van der Waals surface area contributed by atoms with E-state index in [4.69, 9.17) is 0 Å². The molecule has 0 amide bonds. The monoisotopic (exact) mass is 382 g/mol. The Morgan fingerprint density at radius 3 is 2.26 bits per heavy atom. The van der Waals surface area contributed by atoms with Crippen molar-refractivity contribution in [2.24, 2.45) is 0 Å². The number of hydrogen-bond acceptors (Lipinski definition) is 3. The molecule has 0 aromatic heterocycles. The van der Waals surface area contributed by atoms with E-state index in [1.54, 1.807) is 0 Å². The number of halogens is 7. The molecule has 23 heavy (non-hydrogen) atoms. The summed E-state index contributed by atoms with van der Waals surface area (Å²) in [6.07, 6.45) is -4.96. The largest absolute Gasteiger partial charge is 0.573 e. The number of nitrogens with one attached hydrogen (secondary N) is 1. The normalized spacial score (nSPS) is 16.9. The van der Waals surface area contributed by atoms with Crippen molar-refractivity contribution in [1.29, 1.82) is 0 Å². The molecular weight excluding hydrogens is 366 g/mol. The van der Waals surface area contributed by atoms with E-state index in [0.29, 0.717) is 31.7 Å². The predicted octanol–water partition coefficient (Wildman–Crippen LogP) is 3.48. The predicted molar refractivity (Wildman–Crippen MR) is 80.7 cm³/mol. The molecular formula is C13H17Cl2F5N2O. The molecule has 1 saturated heterocycles. The Hall–Kier alpha value is -0.830. The Labute approximate surface area is 143 Å². The number of alkyl halides is 4. The summed E-state index contributed by atoms with van der Waals surface area (Å²) in [5.41, 5.74) is 0.298. The Morgan fingerprint density at radius 1 is 1.17 bits per heavy atom. The van der Waals surface area contributed by atoms with Crippen LogP contribution in [0.3, 0.4) is 0 Å². The number of hydrogen-bond donors (Lipinski definition) is 1. The minimum Gasteiger partial charge on any atom is -0.403 e. The number of nitrogens with zero attached hydrogens (tertiary/aromatic N) is 1. The van der Waals surface area contributed by atoms with Gasteiger partial charge in [-0.3, -0.25) is 4.90 Å². The second kappa shape index (κ2) is 9.46. The second-order valence-corrected chi connectivity index (χ2v) is 4.69. The first-order valence-electron chi connectivity index (χ1n) is 6.46. The van der Waals surface area contributed by atoms with Gasteiger partial charge in [-0.2, -0.15) is 0 Å². The van der Waals surface area contributed by atoms with E-state index < -0.39 is 30.6 Å². The molecule has 1 heterocycles. The summed E-state index contributed by atoms with van der Waals surface area (Å²) in [5, 5.41) is 3.11. The van der Waals surface area contributed by atoms with Crippen molar-refractivity contribution in [1.82, 2.24) is 10.2 Å². The van der Waals surface area contributed by atoms with Crippen molar-refractivity contribution < 1.29 is 26.7 Å². The highest BCUT2D eigenvalue weighted by molar-refractivity contribution is 5.85. The van der Waals surface area contributed by atoms with E-state index in [1.165, 1.54) is 6.07 Å². The molecule has 0 saturated carbocycles. The lowest BCUT2D eigenvalue weighted by molar-refractivity contribution is -0.275. The first-order chi connectivity index (χ1) is 9.90. The van der Waals surface area contributed by atoms with E-state index >= 15 is 0 Å². The van der Waals surface area contributed by atoms with Crippen LogP contribution < -0.4 is 10.1 Å². The van der Waals surface area contributed by atoms with Crippen LogP contribution in [0.5, 0.6) is 5.75 Å². The first kappa shape index (κ1) is 22.2. The van der Waals surface area contributed by atoms with Crippen LogP contribution in [0, 0.1) is 5.82 Å². The molecule has 1 aromatic carbocycles. The molecule has 134 valence electrons. The zero-order valence-corrected chi connectivity index (χ0v) is 13.5. The molecule has 0 bridgehead atoms. The zero-order chi connectivity index (χ0) is 15.5. The highest BCUT2D eigenvalue weighted by Crippen LogP contribution is 2.29. The highest BCUT2D eigenvalue weighted by Gasteiger charge is 2.32. The molecule has 0 aliphatic carbocycles. The summed E-state index contributed by atoms with van der Waals surface area (Å²) in [4.78, 5) is 1.83. The topological polar surface area (TPSA) is 24.5 Å². The van der Waals surface area contributed by atoms with Crippen LogP contribution in [0.4, 0.5) is 22.0 Å². The summed E-state index contributed by atoms with van der Waals surface area (Å²) in [7, 11) is 0. The summed E-state index contributed by atoms with van der Waals surface area (Å²) >= 11 is 0. The van der Waals surface area contributed by atoms with Crippen LogP contribution in [0.1, 0.15) is 11.6 Å². The van der Waals surface area contributed by atoms with Crippen molar-refractivity contribution in [2.45, 2.75) is 12.4 Å². The molecule has 1 fully saturated rings. The van der Waals surface area contributed by atoms with E-state index in [-0.39, 0.29) is 24.8 Å². The SMILES string of the molecule is Cl.Cl.FC[C@H](c1ccc(OC(F)(F)F)c(F)c1)N1CCNCC1.